The van der Waals surface area contributed by atoms with Crippen LogP contribution in [0.4, 0.5) is 10.5 Å². The first kappa shape index (κ1) is 14.9. The molecule has 1 fully saturated rings. The van der Waals surface area contributed by atoms with Gasteiger partial charge in [-0.2, -0.15) is 0 Å². The maximum absolute atomic E-state index is 12.6. The fourth-order valence-electron chi connectivity index (χ4n) is 2.65. The van der Waals surface area contributed by atoms with Crippen molar-refractivity contribution in [1.82, 2.24) is 4.90 Å². The molecule has 0 aliphatic carbocycles. The predicted octanol–water partition coefficient (Wildman–Crippen LogP) is 3.76. The molecule has 1 aromatic carbocycles. The molecule has 1 saturated heterocycles. The van der Waals surface area contributed by atoms with Crippen molar-refractivity contribution in [1.29, 1.82) is 0 Å². The molecular weight excluding hydrogens is 252 g/mol. The van der Waals surface area contributed by atoms with Crippen LogP contribution in [0.5, 0.6) is 0 Å². The van der Waals surface area contributed by atoms with Gasteiger partial charge in [0.05, 0.1) is 12.6 Å². The number of rotatable bonds is 3. The number of para-hydroxylation sites is 1. The Bertz CT molecular complexity index is 489. The van der Waals surface area contributed by atoms with Gasteiger partial charge in [0, 0.05) is 5.69 Å². The Balaban J connectivity index is 2.20. The normalized spacial score (nSPS) is 25.8. The highest BCUT2D eigenvalue weighted by Crippen LogP contribution is 2.32. The summed E-state index contributed by atoms with van der Waals surface area (Å²) in [5.74, 6) is 0. The zero-order valence-electron chi connectivity index (χ0n) is 12.8. The van der Waals surface area contributed by atoms with Crippen LogP contribution in [0.3, 0.4) is 0 Å². The minimum absolute atomic E-state index is 0.0759. The summed E-state index contributed by atoms with van der Waals surface area (Å²) in [4.78, 5) is 14.5. The van der Waals surface area contributed by atoms with Crippen molar-refractivity contribution in [3.63, 3.8) is 0 Å². The van der Waals surface area contributed by atoms with E-state index in [1.165, 1.54) is 0 Å². The third-order valence-corrected chi connectivity index (χ3v) is 4.19. The number of nitrogens with zero attached hydrogens (tertiary/aromatic N) is 1. The first-order valence-electron chi connectivity index (χ1n) is 7.31. The molecule has 0 spiro atoms. The number of carbonyl (C=O) groups excluding carboxylic acids is 1. The molecule has 1 aromatic rings. The molecule has 1 heterocycles. The van der Waals surface area contributed by atoms with E-state index in [1.54, 1.807) is 0 Å². The number of hydrogen-bond acceptors (Lipinski definition) is 2. The maximum atomic E-state index is 12.6. The lowest BCUT2D eigenvalue weighted by molar-refractivity contribution is -0.0494. The predicted molar refractivity (Wildman–Crippen MR) is 80.8 cm³/mol. The minimum Gasteiger partial charge on any atom is -0.354 e. The Hall–Kier alpha value is -1.55. The van der Waals surface area contributed by atoms with Crippen LogP contribution in [0.15, 0.2) is 24.3 Å². The van der Waals surface area contributed by atoms with E-state index < -0.39 is 5.72 Å². The smallest absolute Gasteiger partial charge is 0.324 e. The molecule has 2 rings (SSSR count). The highest BCUT2D eigenvalue weighted by atomic mass is 16.5. The summed E-state index contributed by atoms with van der Waals surface area (Å²) in [6, 6.07) is 7.88. The summed E-state index contributed by atoms with van der Waals surface area (Å²) >= 11 is 0. The lowest BCUT2D eigenvalue weighted by Crippen LogP contribution is -2.51. The van der Waals surface area contributed by atoms with Crippen molar-refractivity contribution < 1.29 is 9.53 Å². The summed E-state index contributed by atoms with van der Waals surface area (Å²) in [7, 11) is 0. The molecule has 1 aliphatic rings. The highest BCUT2D eigenvalue weighted by Gasteiger charge is 2.45. The fourth-order valence-corrected chi connectivity index (χ4v) is 2.65. The largest absolute Gasteiger partial charge is 0.354 e. The van der Waals surface area contributed by atoms with Gasteiger partial charge in [-0.15, -0.1) is 0 Å². The first-order chi connectivity index (χ1) is 9.51. The van der Waals surface area contributed by atoms with Crippen molar-refractivity contribution in [2.45, 2.75) is 52.3 Å². The van der Waals surface area contributed by atoms with Gasteiger partial charge >= 0.3 is 6.03 Å². The molecule has 1 aliphatic heterocycles. The van der Waals surface area contributed by atoms with Crippen LogP contribution in [0, 0.1) is 6.92 Å². The first-order valence-corrected chi connectivity index (χ1v) is 7.31. The van der Waals surface area contributed by atoms with Crippen molar-refractivity contribution >= 4 is 11.7 Å². The van der Waals surface area contributed by atoms with E-state index in [0.29, 0.717) is 6.61 Å². The van der Waals surface area contributed by atoms with Gasteiger partial charge in [0.2, 0.25) is 0 Å². The molecule has 110 valence electrons. The summed E-state index contributed by atoms with van der Waals surface area (Å²) in [5.41, 5.74) is 1.41. The van der Waals surface area contributed by atoms with Gasteiger partial charge in [-0.05, 0) is 38.3 Å². The Morgan fingerprint density at radius 2 is 2.15 bits per heavy atom. The average molecular weight is 276 g/mol. The number of carbonyl (C=O) groups is 1. The molecule has 1 N–H and O–H groups in total. The minimum atomic E-state index is -0.507. The molecule has 4 nitrogen and oxygen atoms in total. The molecule has 2 atom stereocenters. The summed E-state index contributed by atoms with van der Waals surface area (Å²) in [6.07, 6.45) is 1.68. The molecule has 0 saturated carbocycles. The fraction of sp³-hybridized carbons (Fsp3) is 0.562. The van der Waals surface area contributed by atoms with Gasteiger partial charge < -0.3 is 10.1 Å². The van der Waals surface area contributed by atoms with Crippen LogP contribution in [0.2, 0.25) is 0 Å². The van der Waals surface area contributed by atoms with E-state index in [4.69, 9.17) is 4.74 Å². The molecule has 2 amide bonds. The Labute approximate surface area is 121 Å². The number of amides is 2. The number of benzene rings is 1. The zero-order chi connectivity index (χ0) is 14.8. The number of ether oxygens (including phenoxy) is 1. The molecule has 0 bridgehead atoms. The maximum Gasteiger partial charge on any atom is 0.324 e. The highest BCUT2D eigenvalue weighted by molar-refractivity contribution is 5.90. The lowest BCUT2D eigenvalue weighted by atomic mass is 10.1. The second-order valence-corrected chi connectivity index (χ2v) is 5.52. The molecular formula is C16H24N2O2. The van der Waals surface area contributed by atoms with Gasteiger partial charge in [0.25, 0.3) is 0 Å². The van der Waals surface area contributed by atoms with Crippen molar-refractivity contribution in [2.24, 2.45) is 0 Å². The molecule has 20 heavy (non-hydrogen) atoms. The van der Waals surface area contributed by atoms with Gasteiger partial charge in [-0.3, -0.25) is 4.90 Å². The Morgan fingerprint density at radius 1 is 1.45 bits per heavy atom. The third-order valence-electron chi connectivity index (χ3n) is 4.19. The van der Waals surface area contributed by atoms with E-state index in [-0.39, 0.29) is 12.1 Å². The summed E-state index contributed by atoms with van der Waals surface area (Å²) < 4.78 is 5.86. The lowest BCUT2D eigenvalue weighted by Gasteiger charge is -2.35. The molecule has 4 heteroatoms. The summed E-state index contributed by atoms with van der Waals surface area (Å²) in [5, 5.41) is 3.01. The van der Waals surface area contributed by atoms with Crippen LogP contribution >= 0.6 is 0 Å². The van der Waals surface area contributed by atoms with E-state index in [2.05, 4.69) is 12.2 Å². The second kappa shape index (κ2) is 5.83. The average Bonchev–Trinajstić information content (AvgIpc) is 2.79. The van der Waals surface area contributed by atoms with Gasteiger partial charge in [-0.25, -0.2) is 4.79 Å². The Kier molecular flexibility index (Phi) is 4.33. The SMILES string of the molecule is CCC1COC(C)(CC)N1C(=O)Nc1ccccc1C. The van der Waals surface area contributed by atoms with Crippen molar-refractivity contribution in [3.05, 3.63) is 29.8 Å². The van der Waals surface area contributed by atoms with E-state index in [0.717, 1.165) is 24.1 Å². The zero-order valence-corrected chi connectivity index (χ0v) is 12.8. The number of aryl methyl sites for hydroxylation is 1. The standard InChI is InChI=1S/C16H24N2O2/c1-5-13-11-20-16(4,6-2)18(13)15(19)17-14-10-8-7-9-12(14)3/h7-10,13H,5-6,11H2,1-4H3,(H,17,19). The van der Waals surface area contributed by atoms with Crippen LogP contribution in [0.25, 0.3) is 0 Å². The topological polar surface area (TPSA) is 41.6 Å². The van der Waals surface area contributed by atoms with Crippen molar-refractivity contribution in [3.8, 4) is 0 Å². The van der Waals surface area contributed by atoms with E-state index >= 15 is 0 Å². The Morgan fingerprint density at radius 3 is 2.75 bits per heavy atom. The van der Waals surface area contributed by atoms with Crippen molar-refractivity contribution in [2.75, 3.05) is 11.9 Å². The molecule has 0 radical (unpaired) electrons. The summed E-state index contributed by atoms with van der Waals surface area (Å²) in [6.45, 7) is 8.73. The molecule has 0 aromatic heterocycles. The number of nitrogens with one attached hydrogen (secondary N) is 1. The van der Waals surface area contributed by atoms with Crippen LogP contribution < -0.4 is 5.32 Å². The number of anilines is 1. The van der Waals surface area contributed by atoms with E-state index in [1.807, 2.05) is 49.9 Å². The third kappa shape index (κ3) is 2.66. The van der Waals surface area contributed by atoms with Crippen LogP contribution in [-0.2, 0) is 4.74 Å². The van der Waals surface area contributed by atoms with Crippen LogP contribution in [-0.4, -0.2) is 29.3 Å². The van der Waals surface area contributed by atoms with Gasteiger partial charge in [0.1, 0.15) is 5.72 Å². The number of urea groups is 1. The quantitative estimate of drug-likeness (QED) is 0.913. The van der Waals surface area contributed by atoms with Gasteiger partial charge in [0.15, 0.2) is 0 Å². The monoisotopic (exact) mass is 276 g/mol. The molecule has 2 unspecified atom stereocenters. The van der Waals surface area contributed by atoms with Gasteiger partial charge in [-0.1, -0.05) is 32.0 Å². The number of hydrogen-bond donors (Lipinski definition) is 1. The van der Waals surface area contributed by atoms with E-state index in [9.17, 15) is 4.79 Å². The second-order valence-electron chi connectivity index (χ2n) is 5.52. The van der Waals surface area contributed by atoms with Crippen LogP contribution in [0.1, 0.15) is 39.2 Å².